The Bertz CT molecular complexity index is 1230. The predicted octanol–water partition coefficient (Wildman–Crippen LogP) is 4.14. The minimum Gasteiger partial charge on any atom is -0.495 e. The smallest absolute Gasteiger partial charge is 0.263 e. The van der Waals surface area contributed by atoms with Crippen molar-refractivity contribution in [2.75, 3.05) is 25.9 Å². The molecule has 0 atom stereocenters. The Labute approximate surface area is 199 Å². The molecule has 3 rings (SSSR count). The summed E-state index contributed by atoms with van der Waals surface area (Å²) in [7, 11) is 1.39. The summed E-state index contributed by atoms with van der Waals surface area (Å²) in [5.41, 5.74) is 2.56. The van der Waals surface area contributed by atoms with Gasteiger partial charge >= 0.3 is 0 Å². The average Bonchev–Trinajstić information content (AvgIpc) is 2.78. The van der Waals surface area contributed by atoms with E-state index in [1.807, 2.05) is 38.4 Å². The van der Waals surface area contributed by atoms with E-state index in [1.54, 1.807) is 24.3 Å². The first-order valence-corrected chi connectivity index (χ1v) is 12.0. The first-order valence-electron chi connectivity index (χ1n) is 10.2. The molecule has 0 bridgehead atoms. The van der Waals surface area contributed by atoms with Gasteiger partial charge in [-0.25, -0.2) is 8.42 Å². The lowest BCUT2D eigenvalue weighted by atomic mass is 10.1. The molecule has 174 valence electrons. The zero-order valence-electron chi connectivity index (χ0n) is 18.6. The molecule has 0 saturated heterocycles. The van der Waals surface area contributed by atoms with E-state index in [9.17, 15) is 13.2 Å². The van der Waals surface area contributed by atoms with E-state index in [0.717, 1.165) is 12.1 Å². The zero-order chi connectivity index (χ0) is 24.0. The summed E-state index contributed by atoms with van der Waals surface area (Å²) in [6.45, 7) is 1.14. The van der Waals surface area contributed by atoms with E-state index in [1.165, 1.54) is 30.9 Å². The van der Waals surface area contributed by atoms with Crippen LogP contribution in [-0.4, -0.2) is 40.4 Å². The Hall–Kier alpha value is -3.07. The lowest BCUT2D eigenvalue weighted by Crippen LogP contribution is -2.23. The molecule has 0 spiro atoms. The van der Waals surface area contributed by atoms with Gasteiger partial charge in [0.25, 0.3) is 15.9 Å². The van der Waals surface area contributed by atoms with Gasteiger partial charge in [-0.15, -0.1) is 0 Å². The summed E-state index contributed by atoms with van der Waals surface area (Å²) in [4.78, 5) is 14.6. The maximum absolute atomic E-state index is 13.0. The fourth-order valence-electron chi connectivity index (χ4n) is 3.19. The van der Waals surface area contributed by atoms with E-state index < -0.39 is 15.9 Å². The number of benzene rings is 3. The Balaban J connectivity index is 1.74. The molecule has 0 radical (unpaired) electrons. The van der Waals surface area contributed by atoms with Gasteiger partial charge in [-0.2, -0.15) is 0 Å². The lowest BCUT2D eigenvalue weighted by Gasteiger charge is -2.13. The number of carbonyl (C=O) groups excluding carboxylic acids is 1. The van der Waals surface area contributed by atoms with Gasteiger partial charge in [0.05, 0.1) is 17.8 Å². The van der Waals surface area contributed by atoms with Crippen molar-refractivity contribution < 1.29 is 17.9 Å². The lowest BCUT2D eigenvalue weighted by molar-refractivity contribution is 0.0950. The van der Waals surface area contributed by atoms with Crippen LogP contribution >= 0.6 is 11.6 Å². The van der Waals surface area contributed by atoms with Gasteiger partial charge in [0.2, 0.25) is 0 Å². The highest BCUT2D eigenvalue weighted by Gasteiger charge is 2.21. The van der Waals surface area contributed by atoms with Crippen molar-refractivity contribution in [1.29, 1.82) is 0 Å². The summed E-state index contributed by atoms with van der Waals surface area (Å²) in [5, 5.41) is 2.82. The number of halogens is 1. The highest BCUT2D eigenvalue weighted by Crippen LogP contribution is 2.29. The summed E-state index contributed by atoms with van der Waals surface area (Å²) in [6, 6.07) is 18.7. The molecule has 0 saturated carbocycles. The van der Waals surface area contributed by atoms with Crippen molar-refractivity contribution >= 4 is 33.2 Å². The molecule has 0 fully saturated rings. The van der Waals surface area contributed by atoms with Crippen molar-refractivity contribution in [2.45, 2.75) is 18.0 Å². The van der Waals surface area contributed by atoms with Crippen molar-refractivity contribution in [3.63, 3.8) is 0 Å². The molecule has 1 amide bonds. The van der Waals surface area contributed by atoms with Crippen molar-refractivity contribution in [3.05, 3.63) is 88.4 Å². The van der Waals surface area contributed by atoms with Gasteiger partial charge < -0.3 is 15.0 Å². The summed E-state index contributed by atoms with van der Waals surface area (Å²) >= 11 is 6.16. The van der Waals surface area contributed by atoms with Crippen molar-refractivity contribution in [1.82, 2.24) is 10.2 Å². The topological polar surface area (TPSA) is 87.7 Å². The standard InChI is InChI=1S/C24H26ClN3O4S/c1-28(2)16-18-10-8-17(9-11-18)15-26-24(29)19-12-13-20(25)23(14-19)33(30,31)27-21-6-4-5-7-22(21)32-3/h4-14,27H,15-16H2,1-3H3,(H,26,29). The molecule has 0 aliphatic rings. The molecular formula is C24H26ClN3O4S. The molecule has 9 heteroatoms. The second-order valence-electron chi connectivity index (χ2n) is 7.69. The van der Waals surface area contributed by atoms with E-state index in [4.69, 9.17) is 16.3 Å². The van der Waals surface area contributed by atoms with Crippen molar-refractivity contribution in [2.24, 2.45) is 0 Å². The first-order chi connectivity index (χ1) is 15.7. The molecule has 0 heterocycles. The summed E-state index contributed by atoms with van der Waals surface area (Å²) < 4.78 is 33.6. The number of hydrogen-bond acceptors (Lipinski definition) is 5. The van der Waals surface area contributed by atoms with Crippen molar-refractivity contribution in [3.8, 4) is 5.75 Å². The average molecular weight is 488 g/mol. The monoisotopic (exact) mass is 487 g/mol. The molecule has 33 heavy (non-hydrogen) atoms. The molecule has 0 unspecified atom stereocenters. The SMILES string of the molecule is COc1ccccc1NS(=O)(=O)c1cc(C(=O)NCc2ccc(CN(C)C)cc2)ccc1Cl. The van der Waals surface area contributed by atoms with Crippen LogP contribution in [0.15, 0.2) is 71.6 Å². The van der Waals surface area contributed by atoms with E-state index in [0.29, 0.717) is 12.3 Å². The zero-order valence-corrected chi connectivity index (χ0v) is 20.2. The fourth-order valence-corrected chi connectivity index (χ4v) is 4.79. The van der Waals surface area contributed by atoms with Gasteiger partial charge in [-0.05, 0) is 55.6 Å². The number of nitrogens with one attached hydrogen (secondary N) is 2. The number of para-hydroxylation sites is 2. The Kier molecular flexibility index (Phi) is 7.97. The number of methoxy groups -OCH3 is 1. The van der Waals surface area contributed by atoms with Crippen LogP contribution in [0.5, 0.6) is 5.75 Å². The highest BCUT2D eigenvalue weighted by molar-refractivity contribution is 7.92. The molecule has 3 aromatic carbocycles. The van der Waals surface area contributed by atoms with Crippen LogP contribution in [0.2, 0.25) is 5.02 Å². The van der Waals surface area contributed by atoms with Gasteiger partial charge in [-0.3, -0.25) is 9.52 Å². The number of nitrogens with zero attached hydrogens (tertiary/aromatic N) is 1. The number of amides is 1. The second-order valence-corrected chi connectivity index (χ2v) is 9.75. The van der Waals surface area contributed by atoms with E-state index >= 15 is 0 Å². The van der Waals surface area contributed by atoms with Crippen LogP contribution in [0, 0.1) is 0 Å². The number of anilines is 1. The normalized spacial score (nSPS) is 11.3. The minimum absolute atomic E-state index is 0.00503. The molecule has 0 aromatic heterocycles. The number of rotatable bonds is 9. The van der Waals surface area contributed by atoms with Gasteiger partial charge in [0, 0.05) is 18.7 Å². The fraction of sp³-hybridized carbons (Fsp3) is 0.208. The Morgan fingerprint density at radius 2 is 1.67 bits per heavy atom. The number of ether oxygens (including phenoxy) is 1. The molecule has 2 N–H and O–H groups in total. The van der Waals surface area contributed by atoms with Gasteiger partial charge in [0.15, 0.2) is 0 Å². The van der Waals surface area contributed by atoms with Crippen LogP contribution in [0.25, 0.3) is 0 Å². The van der Waals surface area contributed by atoms with Crippen LogP contribution < -0.4 is 14.8 Å². The molecule has 3 aromatic rings. The number of carbonyl (C=O) groups is 1. The number of hydrogen-bond donors (Lipinski definition) is 2. The van der Waals surface area contributed by atoms with Crippen LogP contribution in [0.1, 0.15) is 21.5 Å². The van der Waals surface area contributed by atoms with Crippen LogP contribution in [0.4, 0.5) is 5.69 Å². The molecule has 7 nitrogen and oxygen atoms in total. The second kappa shape index (κ2) is 10.7. The molecular weight excluding hydrogens is 462 g/mol. The first kappa shape index (κ1) is 24.6. The third-order valence-electron chi connectivity index (χ3n) is 4.81. The van der Waals surface area contributed by atoms with Gasteiger partial charge in [0.1, 0.15) is 10.6 Å². The molecule has 0 aliphatic heterocycles. The summed E-state index contributed by atoms with van der Waals surface area (Å²) in [6.07, 6.45) is 0. The summed E-state index contributed by atoms with van der Waals surface area (Å²) in [5.74, 6) is -0.0412. The quantitative estimate of drug-likeness (QED) is 0.473. The number of sulfonamides is 1. The van der Waals surface area contributed by atoms with Crippen LogP contribution in [0.3, 0.4) is 0 Å². The van der Waals surface area contributed by atoms with E-state index in [2.05, 4.69) is 14.9 Å². The Morgan fingerprint density at radius 1 is 1.00 bits per heavy atom. The molecule has 0 aliphatic carbocycles. The van der Waals surface area contributed by atoms with Gasteiger partial charge in [-0.1, -0.05) is 48.0 Å². The maximum atomic E-state index is 13.0. The third kappa shape index (κ3) is 6.47. The van der Waals surface area contributed by atoms with E-state index in [-0.39, 0.29) is 21.2 Å². The minimum atomic E-state index is -4.06. The predicted molar refractivity (Wildman–Crippen MR) is 130 cm³/mol. The van der Waals surface area contributed by atoms with Crippen LogP contribution in [-0.2, 0) is 23.1 Å². The third-order valence-corrected chi connectivity index (χ3v) is 6.66. The maximum Gasteiger partial charge on any atom is 0.263 e. The Morgan fingerprint density at radius 3 is 2.33 bits per heavy atom. The highest BCUT2D eigenvalue weighted by atomic mass is 35.5. The largest absolute Gasteiger partial charge is 0.495 e.